The number of phenols is 2. The van der Waals surface area contributed by atoms with Gasteiger partial charge in [0, 0.05) is 95.1 Å². The van der Waals surface area contributed by atoms with Gasteiger partial charge in [0.05, 0.1) is 40.9 Å². The van der Waals surface area contributed by atoms with Gasteiger partial charge in [-0.1, -0.05) is 59.8 Å². The second-order valence-corrected chi connectivity index (χ2v) is 21.7. The number of amides is 2. The number of aliphatic hydroxyl groups excluding tert-OH is 2. The van der Waals surface area contributed by atoms with E-state index in [9.17, 15) is 29.7 Å². The Morgan fingerprint density at radius 1 is 0.944 bits per heavy atom. The van der Waals surface area contributed by atoms with E-state index in [0.717, 1.165) is 39.8 Å². The van der Waals surface area contributed by atoms with Gasteiger partial charge >= 0.3 is 11.9 Å². The average molecular weight is 987 g/mol. The number of aliphatic hydroxyl groups is 2. The van der Waals surface area contributed by atoms with Gasteiger partial charge in [-0.05, 0) is 76.3 Å². The van der Waals surface area contributed by atoms with Crippen LogP contribution in [0, 0.1) is 36.5 Å². The van der Waals surface area contributed by atoms with E-state index in [0.29, 0.717) is 69.7 Å². The summed E-state index contributed by atoms with van der Waals surface area (Å²) >= 11 is 0. The van der Waals surface area contributed by atoms with Crippen molar-refractivity contribution in [2.75, 3.05) is 71.9 Å². The zero-order chi connectivity index (χ0) is 51.7. The van der Waals surface area contributed by atoms with Crippen LogP contribution in [0.2, 0.25) is 0 Å². The Bertz CT molecular complexity index is 2560. The van der Waals surface area contributed by atoms with E-state index in [1.165, 1.54) is 13.2 Å². The Kier molecular flexibility index (Phi) is 16.3. The number of piperidine rings is 2. The molecular weight excluding hydrogens is 909 g/mol. The third-order valence-electron chi connectivity index (χ3n) is 15.5. The van der Waals surface area contributed by atoms with Gasteiger partial charge in [-0.2, -0.15) is 0 Å². The number of Topliss-reactive ketones (excluding diaryl/α,β-unsaturated/α-hetero) is 1. The number of aromatic hydroxyl groups is 2. The summed E-state index contributed by atoms with van der Waals surface area (Å²) in [6.45, 7) is 22.8. The number of fused-ring (bicyclic) bond motifs is 13. The van der Waals surface area contributed by atoms with Crippen molar-refractivity contribution in [3.05, 3.63) is 58.0 Å². The van der Waals surface area contributed by atoms with E-state index < -0.39 is 53.1 Å². The maximum atomic E-state index is 14.8. The molecule has 3 saturated heterocycles. The molecule has 2 aromatic carbocycles. The number of rotatable bonds is 3. The molecule has 3 fully saturated rings. The first-order valence-corrected chi connectivity index (χ1v) is 25.6. The van der Waals surface area contributed by atoms with Crippen LogP contribution in [0.5, 0.6) is 17.2 Å². The molecule has 7 aliphatic rings. The first kappa shape index (κ1) is 53.7. The topological polar surface area (TPSA) is 216 Å². The number of ether oxygens (including phenoxy) is 4. The smallest absolute Gasteiger partial charge is 0.410 e. The number of allylic oxidation sites excluding steroid dienone is 4. The Balaban J connectivity index is 0.00000366. The van der Waals surface area contributed by atoms with Gasteiger partial charge in [-0.15, -0.1) is 0 Å². The average Bonchev–Trinajstić information content (AvgIpc) is 3.83. The molecule has 5 bridgehead atoms. The number of likely N-dealkylation sites (tertiary alicyclic amines) is 2. The number of benzene rings is 2. The molecule has 7 heterocycles. The fraction of sp³-hybridized carbons (Fsp3) is 0.648. The molecule has 4 unspecified atom stereocenters. The van der Waals surface area contributed by atoms with Crippen molar-refractivity contribution in [3.8, 4) is 17.2 Å². The van der Waals surface area contributed by atoms with Crippen LogP contribution in [0.4, 0.5) is 10.5 Å². The number of nitrogens with zero attached hydrogens (tertiary/aromatic N) is 5. The molecule has 17 heteroatoms. The number of hydrogen-bond donors (Lipinski definition) is 5. The van der Waals surface area contributed by atoms with Crippen LogP contribution in [0.25, 0.3) is 10.8 Å². The molecule has 0 aromatic heterocycles. The number of morpholine rings is 1. The lowest BCUT2D eigenvalue weighted by atomic mass is 9.80. The fourth-order valence-corrected chi connectivity index (χ4v) is 11.4. The predicted octanol–water partition coefficient (Wildman–Crippen LogP) is 6.13. The van der Waals surface area contributed by atoms with Crippen molar-refractivity contribution in [3.63, 3.8) is 0 Å². The standard InChI is InChI=1S/C53H74N6O10.CH4O/c1-30(2)28-58-20-18-53(19-21-58)55-40-37-38-44(61)36(8)47-39(37)48(63)51(9,69-47)66-25-12-15-32(4)46(68-50(65)59-22-16-52(17-23-59)29-57(10)24-26-67-52)35(7)43(60)34(6)27-31(3)13-11-14-33(5)49(64)54-42(45(38)62)41(40)56-53;1-2/h11-14,25,30-32,34-35,43,46,60-62H,15-24,26-29H2,1-10H3,(H,54,64);2H,1H3/b13-11+,25-12+,33-14-;/t31?,32-,34-,35-,43?,46?,51?;/m1./s1. The van der Waals surface area contributed by atoms with Crippen LogP contribution in [-0.2, 0) is 19.0 Å². The van der Waals surface area contributed by atoms with E-state index in [1.807, 2.05) is 39.8 Å². The van der Waals surface area contributed by atoms with Gasteiger partial charge in [0.2, 0.25) is 0 Å². The number of phenolic OH excluding ortho intramolecular Hbond substituents is 2. The first-order chi connectivity index (χ1) is 33.6. The summed E-state index contributed by atoms with van der Waals surface area (Å²) in [5, 5.41) is 46.6. The van der Waals surface area contributed by atoms with Gasteiger partial charge in [0.15, 0.2) is 11.4 Å². The van der Waals surface area contributed by atoms with Crippen LogP contribution >= 0.6 is 0 Å². The minimum Gasteiger partial charge on any atom is -0.507 e. The second kappa shape index (κ2) is 21.6. The lowest BCUT2D eigenvalue weighted by molar-refractivity contribution is -0.130. The quantitative estimate of drug-likeness (QED) is 0.219. The minimum absolute atomic E-state index is 0.00307. The molecule has 0 radical (unpaired) electrons. The Hall–Kier alpha value is -5.07. The normalized spacial score (nSPS) is 30.8. The largest absolute Gasteiger partial charge is 0.507 e. The van der Waals surface area contributed by atoms with Crippen LogP contribution in [-0.4, -0.2) is 149 Å². The number of ketones is 1. The van der Waals surface area contributed by atoms with E-state index in [-0.39, 0.29) is 73.2 Å². The highest BCUT2D eigenvalue weighted by atomic mass is 16.7. The van der Waals surface area contributed by atoms with Crippen molar-refractivity contribution in [1.29, 1.82) is 0 Å². The highest BCUT2D eigenvalue weighted by Crippen LogP contribution is 2.50. The maximum absolute atomic E-state index is 14.8. The second-order valence-electron chi connectivity index (χ2n) is 21.7. The number of likely N-dealkylation sites (N-methyl/N-ethyl adjacent to an activating group) is 1. The highest BCUT2D eigenvalue weighted by Gasteiger charge is 2.50. The first-order valence-electron chi connectivity index (χ1n) is 25.6. The molecule has 7 aliphatic heterocycles. The molecule has 5 N–H and O–H groups in total. The van der Waals surface area contributed by atoms with E-state index in [4.69, 9.17) is 34.0 Å². The SMILES string of the molecule is C/C1=C/C=C/C(C)C[C@@H](C)C(O)[C@@H](C)C(OC(=O)N2CCC3(CC2)CN(C)CCO3)[C@H](C)C/C=C/OC2(C)Oc3c(C)c(O)c4c(O)c(c5c(c4c3C2=O)=NC2(CCN(CC(C)C)CC2)N=5)NC1=O.CO. The van der Waals surface area contributed by atoms with Gasteiger partial charge in [0.1, 0.15) is 28.6 Å². The number of carbonyl (C=O) groups excluding carboxylic acids is 3. The molecule has 17 nitrogen and oxygen atoms in total. The Morgan fingerprint density at radius 3 is 2.28 bits per heavy atom. The van der Waals surface area contributed by atoms with Gasteiger partial charge in [-0.25, -0.2) is 4.79 Å². The molecule has 7 atom stereocenters. The summed E-state index contributed by atoms with van der Waals surface area (Å²) in [7, 11) is 3.09. The number of nitrogens with one attached hydrogen (secondary N) is 1. The zero-order valence-corrected chi connectivity index (χ0v) is 43.7. The molecule has 71 heavy (non-hydrogen) atoms. The molecule has 9 rings (SSSR count). The van der Waals surface area contributed by atoms with Crippen LogP contribution in [0.15, 0.2) is 46.1 Å². The van der Waals surface area contributed by atoms with Crippen molar-refractivity contribution in [1.82, 2.24) is 14.7 Å². The molecule has 2 spiro atoms. The molecule has 390 valence electrons. The lowest BCUT2D eigenvalue weighted by Gasteiger charge is -2.46. The summed E-state index contributed by atoms with van der Waals surface area (Å²) in [5.74, 6) is -4.06. The van der Waals surface area contributed by atoms with Crippen molar-refractivity contribution in [2.45, 2.75) is 130 Å². The van der Waals surface area contributed by atoms with Crippen LogP contribution < -0.4 is 20.8 Å². The summed E-state index contributed by atoms with van der Waals surface area (Å²) in [5.41, 5.74) is -0.580. The van der Waals surface area contributed by atoms with Crippen LogP contribution in [0.3, 0.4) is 0 Å². The number of hydrogen-bond acceptors (Lipinski definition) is 15. The van der Waals surface area contributed by atoms with Crippen LogP contribution in [0.1, 0.15) is 110 Å². The molecule has 0 saturated carbocycles. The monoisotopic (exact) mass is 987 g/mol. The molecular formula is C54H78N6O11. The van der Waals surface area contributed by atoms with E-state index in [2.05, 4.69) is 36.0 Å². The summed E-state index contributed by atoms with van der Waals surface area (Å²) in [6, 6.07) is 0. The third-order valence-corrected chi connectivity index (χ3v) is 15.5. The lowest BCUT2D eigenvalue weighted by Crippen LogP contribution is -2.57. The van der Waals surface area contributed by atoms with E-state index >= 15 is 0 Å². The summed E-state index contributed by atoms with van der Waals surface area (Å²) < 4.78 is 25.2. The minimum atomic E-state index is -1.88. The Labute approximate surface area is 418 Å². The number of anilines is 1. The highest BCUT2D eigenvalue weighted by molar-refractivity contribution is 6.19. The maximum Gasteiger partial charge on any atom is 0.410 e. The summed E-state index contributed by atoms with van der Waals surface area (Å²) in [6.07, 6.45) is 10.2. The molecule has 0 aliphatic carbocycles. The molecule has 2 aromatic rings. The number of carbonyl (C=O) groups is 3. The van der Waals surface area contributed by atoms with E-state index in [1.54, 1.807) is 30.9 Å². The summed E-state index contributed by atoms with van der Waals surface area (Å²) in [4.78, 5) is 59.7. The van der Waals surface area contributed by atoms with Gasteiger partial charge in [0.25, 0.3) is 11.7 Å². The van der Waals surface area contributed by atoms with Crippen molar-refractivity contribution < 1.29 is 53.8 Å². The van der Waals surface area contributed by atoms with Crippen molar-refractivity contribution in [2.24, 2.45) is 39.6 Å². The van der Waals surface area contributed by atoms with Gasteiger partial charge < -0.3 is 59.4 Å². The van der Waals surface area contributed by atoms with Crippen molar-refractivity contribution >= 4 is 34.2 Å². The predicted molar refractivity (Wildman–Crippen MR) is 270 cm³/mol. The fourth-order valence-electron chi connectivity index (χ4n) is 11.4. The third kappa shape index (κ3) is 10.9. The zero-order valence-electron chi connectivity index (χ0n) is 43.7. The van der Waals surface area contributed by atoms with Gasteiger partial charge in [-0.3, -0.25) is 19.6 Å². The molecule has 2 amide bonds. The Morgan fingerprint density at radius 2 is 1.62 bits per heavy atom.